The van der Waals surface area contributed by atoms with Crippen molar-refractivity contribution in [2.75, 3.05) is 30.6 Å². The molecule has 5 rings (SSSR count). The van der Waals surface area contributed by atoms with Gasteiger partial charge in [-0.3, -0.25) is 14.5 Å². The van der Waals surface area contributed by atoms with Crippen LogP contribution in [0, 0.1) is 5.41 Å². The van der Waals surface area contributed by atoms with E-state index in [0.29, 0.717) is 6.54 Å². The lowest BCUT2D eigenvalue weighted by molar-refractivity contribution is -0.126. The largest absolute Gasteiger partial charge is 0.500 e. The SMILES string of the molecule is COC1=CC=CCC1(C)CNC(=O)C1c2c(n(C)c3ccccc23)SCC(=O)N1c1cccc(SC)c1. The van der Waals surface area contributed by atoms with Crippen molar-refractivity contribution in [1.82, 2.24) is 9.88 Å². The summed E-state index contributed by atoms with van der Waals surface area (Å²) >= 11 is 3.11. The Hall–Kier alpha value is -3.10. The van der Waals surface area contributed by atoms with Gasteiger partial charge in [-0.1, -0.05) is 55.1 Å². The number of thioether (sulfide) groups is 2. The van der Waals surface area contributed by atoms with Crippen molar-refractivity contribution in [2.24, 2.45) is 12.5 Å². The van der Waals surface area contributed by atoms with E-state index in [1.807, 2.05) is 67.9 Å². The third-order valence-electron chi connectivity index (χ3n) is 7.22. The van der Waals surface area contributed by atoms with Crippen molar-refractivity contribution in [3.8, 4) is 0 Å². The number of aryl methyl sites for hydroxylation is 1. The Balaban J connectivity index is 1.62. The summed E-state index contributed by atoms with van der Waals surface area (Å²) in [5.74, 6) is 0.796. The van der Waals surface area contributed by atoms with Crippen LogP contribution in [0.5, 0.6) is 0 Å². The van der Waals surface area contributed by atoms with Gasteiger partial charge >= 0.3 is 0 Å². The number of hydrogen-bond donors (Lipinski definition) is 1. The number of rotatable bonds is 6. The number of nitrogens with zero attached hydrogens (tertiary/aromatic N) is 2. The third-order valence-corrected chi connectivity index (χ3v) is 9.11. The summed E-state index contributed by atoms with van der Waals surface area (Å²) in [6.45, 7) is 2.48. The van der Waals surface area contributed by atoms with Crippen molar-refractivity contribution < 1.29 is 14.3 Å². The number of nitrogens with one attached hydrogen (secondary N) is 1. The molecule has 0 saturated heterocycles. The summed E-state index contributed by atoms with van der Waals surface area (Å²) in [7, 11) is 3.66. The number of anilines is 1. The van der Waals surface area contributed by atoms with Gasteiger partial charge in [-0.05, 0) is 43.0 Å². The van der Waals surface area contributed by atoms with Crippen LogP contribution in [0.15, 0.2) is 82.4 Å². The predicted molar refractivity (Wildman–Crippen MR) is 152 cm³/mol. The first-order valence-electron chi connectivity index (χ1n) is 12.2. The number of ether oxygens (including phenoxy) is 1. The monoisotopic (exact) mass is 533 g/mol. The van der Waals surface area contributed by atoms with E-state index in [9.17, 15) is 9.59 Å². The van der Waals surface area contributed by atoms with Gasteiger partial charge in [-0.2, -0.15) is 0 Å². The molecule has 2 aromatic carbocycles. The third kappa shape index (κ3) is 4.57. The number of aromatic nitrogens is 1. The first-order chi connectivity index (χ1) is 17.9. The lowest BCUT2D eigenvalue weighted by Gasteiger charge is -2.34. The first kappa shape index (κ1) is 25.5. The minimum atomic E-state index is -0.807. The van der Waals surface area contributed by atoms with Gasteiger partial charge in [0.25, 0.3) is 0 Å². The molecule has 2 aliphatic rings. The number of benzene rings is 2. The van der Waals surface area contributed by atoms with Gasteiger partial charge in [0, 0.05) is 46.1 Å². The second-order valence-corrected chi connectivity index (χ2v) is 11.4. The highest BCUT2D eigenvalue weighted by atomic mass is 32.2. The van der Waals surface area contributed by atoms with E-state index in [0.717, 1.165) is 44.3 Å². The average molecular weight is 534 g/mol. The summed E-state index contributed by atoms with van der Waals surface area (Å²) in [5.41, 5.74) is 2.27. The number of amides is 2. The molecule has 0 saturated carbocycles. The fourth-order valence-electron chi connectivity index (χ4n) is 5.25. The van der Waals surface area contributed by atoms with E-state index in [2.05, 4.69) is 29.0 Å². The molecule has 2 amide bonds. The van der Waals surface area contributed by atoms with Crippen molar-refractivity contribution in [1.29, 1.82) is 0 Å². The Morgan fingerprint density at radius 2 is 2.05 bits per heavy atom. The van der Waals surface area contributed by atoms with Crippen LogP contribution in [0.3, 0.4) is 0 Å². The number of allylic oxidation sites excluding steroid dienone is 3. The lowest BCUT2D eigenvalue weighted by atomic mass is 9.81. The van der Waals surface area contributed by atoms with Gasteiger partial charge in [0.05, 0.1) is 17.9 Å². The van der Waals surface area contributed by atoms with Crippen LogP contribution in [-0.2, 0) is 21.4 Å². The summed E-state index contributed by atoms with van der Waals surface area (Å²) in [5, 5.41) is 5.14. The lowest BCUT2D eigenvalue weighted by Crippen LogP contribution is -2.47. The summed E-state index contributed by atoms with van der Waals surface area (Å²) < 4.78 is 7.74. The van der Waals surface area contributed by atoms with Crippen LogP contribution in [0.1, 0.15) is 24.9 Å². The molecule has 2 heterocycles. The van der Waals surface area contributed by atoms with Gasteiger partial charge in [-0.15, -0.1) is 11.8 Å². The minimum absolute atomic E-state index is 0.0898. The molecular formula is C29H31N3O3S2. The molecular weight excluding hydrogens is 502 g/mol. The van der Waals surface area contributed by atoms with Gasteiger partial charge < -0.3 is 14.6 Å². The zero-order valence-electron chi connectivity index (χ0n) is 21.5. The molecule has 1 N–H and O–H groups in total. The van der Waals surface area contributed by atoms with E-state index in [1.54, 1.807) is 23.8 Å². The van der Waals surface area contributed by atoms with E-state index >= 15 is 0 Å². The first-order valence-corrected chi connectivity index (χ1v) is 14.4. The Morgan fingerprint density at radius 3 is 2.84 bits per heavy atom. The normalized spacial score (nSPS) is 21.4. The van der Waals surface area contributed by atoms with E-state index in [1.165, 1.54) is 11.8 Å². The minimum Gasteiger partial charge on any atom is -0.500 e. The molecule has 0 radical (unpaired) electrons. The number of carbonyl (C=O) groups excluding carboxylic acids is 2. The molecule has 1 aliphatic carbocycles. The summed E-state index contributed by atoms with van der Waals surface area (Å²) in [6.07, 6.45) is 8.78. The highest BCUT2D eigenvalue weighted by Gasteiger charge is 2.41. The quantitative estimate of drug-likeness (QED) is 0.412. The Labute approximate surface area is 226 Å². The number of para-hydroxylation sites is 1. The highest BCUT2D eigenvalue weighted by Crippen LogP contribution is 2.44. The second-order valence-electron chi connectivity index (χ2n) is 9.60. The maximum absolute atomic E-state index is 14.2. The summed E-state index contributed by atoms with van der Waals surface area (Å²) in [6, 6.07) is 15.1. The zero-order chi connectivity index (χ0) is 26.2. The van der Waals surface area contributed by atoms with Crippen molar-refractivity contribution >= 4 is 51.9 Å². The molecule has 2 unspecified atom stereocenters. The molecule has 0 bridgehead atoms. The molecule has 1 aromatic heterocycles. The summed E-state index contributed by atoms with van der Waals surface area (Å²) in [4.78, 5) is 30.6. The standard InChI is InChI=1S/C29H31N3O3S2/c1-29(15-8-7-14-23(29)35-3)18-30-27(34)26-25-21-12-5-6-13-22(21)31(2)28(25)37-17-24(33)32(26)19-10-9-11-20(16-19)36-4/h5-14,16,26H,15,17-18H2,1-4H3,(H,30,34). The van der Waals surface area contributed by atoms with Crippen molar-refractivity contribution in [2.45, 2.75) is 29.3 Å². The van der Waals surface area contributed by atoms with Gasteiger partial charge in [0.15, 0.2) is 0 Å². The van der Waals surface area contributed by atoms with Crippen molar-refractivity contribution in [3.05, 3.63) is 78.1 Å². The fourth-order valence-corrected chi connectivity index (χ4v) is 6.77. The number of methoxy groups -OCH3 is 1. The molecule has 192 valence electrons. The van der Waals surface area contributed by atoms with E-state index in [-0.39, 0.29) is 23.0 Å². The van der Waals surface area contributed by atoms with Crippen molar-refractivity contribution in [3.63, 3.8) is 0 Å². The predicted octanol–water partition coefficient (Wildman–Crippen LogP) is 5.69. The van der Waals surface area contributed by atoms with E-state index in [4.69, 9.17) is 4.74 Å². The topological polar surface area (TPSA) is 63.6 Å². The van der Waals surface area contributed by atoms with Crippen LogP contribution in [0.4, 0.5) is 5.69 Å². The smallest absolute Gasteiger partial charge is 0.247 e. The molecule has 8 heteroatoms. The van der Waals surface area contributed by atoms with Crippen LogP contribution < -0.4 is 10.2 Å². The maximum atomic E-state index is 14.2. The Bertz CT molecular complexity index is 1430. The number of carbonyl (C=O) groups is 2. The maximum Gasteiger partial charge on any atom is 0.247 e. The molecule has 1 aliphatic heterocycles. The average Bonchev–Trinajstić information content (AvgIpc) is 3.09. The van der Waals surface area contributed by atoms with Crippen LogP contribution in [-0.4, -0.2) is 42.0 Å². The Kier molecular flexibility index (Phi) is 7.14. The molecule has 2 atom stereocenters. The second kappa shape index (κ2) is 10.3. The number of fused-ring (bicyclic) bond motifs is 3. The van der Waals surface area contributed by atoms with Gasteiger partial charge in [-0.25, -0.2) is 0 Å². The molecule has 0 fully saturated rings. The molecule has 6 nitrogen and oxygen atoms in total. The highest BCUT2D eigenvalue weighted by molar-refractivity contribution is 8.00. The van der Waals surface area contributed by atoms with Gasteiger partial charge in [0.2, 0.25) is 11.8 Å². The van der Waals surface area contributed by atoms with Crippen LogP contribution in [0.25, 0.3) is 10.9 Å². The number of hydrogen-bond acceptors (Lipinski definition) is 5. The molecule has 3 aromatic rings. The Morgan fingerprint density at radius 1 is 1.24 bits per heavy atom. The fraction of sp³-hybridized carbons (Fsp3) is 0.310. The molecule has 0 spiro atoms. The van der Waals surface area contributed by atoms with Crippen LogP contribution >= 0.6 is 23.5 Å². The zero-order valence-corrected chi connectivity index (χ0v) is 23.1. The van der Waals surface area contributed by atoms with Crippen LogP contribution in [0.2, 0.25) is 0 Å². The van der Waals surface area contributed by atoms with E-state index < -0.39 is 6.04 Å². The molecule has 37 heavy (non-hydrogen) atoms. The van der Waals surface area contributed by atoms with Gasteiger partial charge in [0.1, 0.15) is 11.8 Å².